The van der Waals surface area contributed by atoms with E-state index < -0.39 is 0 Å². The van der Waals surface area contributed by atoms with E-state index in [9.17, 15) is 9.59 Å². The molecule has 0 saturated carbocycles. The van der Waals surface area contributed by atoms with Crippen molar-refractivity contribution in [3.63, 3.8) is 0 Å². The smallest absolute Gasteiger partial charge is 0.240 e. The number of nitrogens with one attached hydrogen (secondary N) is 1. The molecular formula is C30H29ClN4O3S. The number of aryl methyl sites for hydroxylation is 1. The summed E-state index contributed by atoms with van der Waals surface area (Å²) >= 11 is 8.23. The van der Waals surface area contributed by atoms with Gasteiger partial charge in [0, 0.05) is 24.8 Å². The van der Waals surface area contributed by atoms with Gasteiger partial charge in [-0.15, -0.1) is 11.8 Å². The SMILES string of the molecule is COCCNC(=O)CN1C(=O)CS[C@@H](c2ccccc2C)c2c(-c3ccccc3)nn(-c3ccccc3Cl)c21. The lowest BCUT2D eigenvalue weighted by atomic mass is 9.97. The zero-order valence-corrected chi connectivity index (χ0v) is 23.3. The van der Waals surface area contributed by atoms with Crippen LogP contribution >= 0.6 is 23.4 Å². The molecule has 0 saturated heterocycles. The lowest BCUT2D eigenvalue weighted by Gasteiger charge is -2.23. The molecule has 4 aromatic rings. The summed E-state index contributed by atoms with van der Waals surface area (Å²) in [7, 11) is 1.58. The Bertz CT molecular complexity index is 1490. The summed E-state index contributed by atoms with van der Waals surface area (Å²) in [4.78, 5) is 28.3. The molecule has 1 N–H and O–H groups in total. The van der Waals surface area contributed by atoms with Gasteiger partial charge in [0.1, 0.15) is 12.4 Å². The molecule has 0 spiro atoms. The van der Waals surface area contributed by atoms with Crippen LogP contribution in [-0.4, -0.2) is 54.2 Å². The summed E-state index contributed by atoms with van der Waals surface area (Å²) in [6.07, 6.45) is 0. The highest BCUT2D eigenvalue weighted by molar-refractivity contribution is 8.00. The topological polar surface area (TPSA) is 76.5 Å². The van der Waals surface area contributed by atoms with Crippen LogP contribution in [0.4, 0.5) is 5.82 Å². The third-order valence-corrected chi connectivity index (χ3v) is 8.17. The average Bonchev–Trinajstić information content (AvgIpc) is 3.27. The number of hydrogen-bond donors (Lipinski definition) is 1. The van der Waals surface area contributed by atoms with E-state index in [1.807, 2.05) is 60.7 Å². The van der Waals surface area contributed by atoms with Crippen molar-refractivity contribution in [1.82, 2.24) is 15.1 Å². The van der Waals surface area contributed by atoms with Crippen molar-refractivity contribution < 1.29 is 14.3 Å². The maximum atomic E-state index is 13.7. The Morgan fingerprint density at radius 2 is 1.79 bits per heavy atom. The number of benzene rings is 3. The van der Waals surface area contributed by atoms with E-state index in [0.29, 0.717) is 29.7 Å². The van der Waals surface area contributed by atoms with Crippen LogP contribution in [0.3, 0.4) is 0 Å². The standard InChI is InChI=1S/C30H29ClN4O3S/c1-20-10-6-7-13-22(20)29-27-28(21-11-4-3-5-12-21)33-35(24-15-9-8-14-23(24)31)30(27)34(26(37)19-39-29)18-25(36)32-16-17-38-2/h3-15,29H,16-19H2,1-2H3,(H,32,36)/t29-/m0/s1. The number of hydrogen-bond acceptors (Lipinski definition) is 5. The number of rotatable bonds is 8. The van der Waals surface area contributed by atoms with E-state index in [4.69, 9.17) is 21.4 Å². The van der Waals surface area contributed by atoms with E-state index in [1.165, 1.54) is 0 Å². The normalized spacial score (nSPS) is 15.1. The quantitative estimate of drug-likeness (QED) is 0.291. The van der Waals surface area contributed by atoms with E-state index in [-0.39, 0.29) is 29.4 Å². The molecular weight excluding hydrogens is 532 g/mol. The highest BCUT2D eigenvalue weighted by Crippen LogP contribution is 2.49. The Labute approximate surface area is 237 Å². The maximum absolute atomic E-state index is 13.7. The zero-order valence-electron chi connectivity index (χ0n) is 21.8. The van der Waals surface area contributed by atoms with Gasteiger partial charge in [-0.2, -0.15) is 5.10 Å². The van der Waals surface area contributed by atoms with Crippen LogP contribution in [-0.2, 0) is 14.3 Å². The predicted molar refractivity (Wildman–Crippen MR) is 157 cm³/mol. The fourth-order valence-corrected chi connectivity index (χ4v) is 6.25. The molecule has 5 rings (SSSR count). The average molecular weight is 561 g/mol. The number of thioether (sulfide) groups is 1. The monoisotopic (exact) mass is 560 g/mol. The van der Waals surface area contributed by atoms with Crippen LogP contribution in [0.15, 0.2) is 78.9 Å². The Morgan fingerprint density at radius 3 is 2.54 bits per heavy atom. The first-order valence-electron chi connectivity index (χ1n) is 12.7. The highest BCUT2D eigenvalue weighted by atomic mass is 35.5. The molecule has 7 nitrogen and oxygen atoms in total. The summed E-state index contributed by atoms with van der Waals surface area (Å²) < 4.78 is 6.79. The molecule has 0 fully saturated rings. The fourth-order valence-electron chi connectivity index (χ4n) is 4.74. The van der Waals surface area contributed by atoms with Gasteiger partial charge in [-0.3, -0.25) is 14.5 Å². The van der Waals surface area contributed by atoms with Gasteiger partial charge in [-0.05, 0) is 30.2 Å². The third kappa shape index (κ3) is 5.59. The van der Waals surface area contributed by atoms with Crippen molar-refractivity contribution in [1.29, 1.82) is 0 Å². The summed E-state index contributed by atoms with van der Waals surface area (Å²) in [5.74, 6) is 0.300. The molecule has 9 heteroatoms. The highest BCUT2D eigenvalue weighted by Gasteiger charge is 2.38. The lowest BCUT2D eigenvalue weighted by Crippen LogP contribution is -2.43. The van der Waals surface area contributed by atoms with E-state index in [0.717, 1.165) is 27.9 Å². The van der Waals surface area contributed by atoms with E-state index >= 15 is 0 Å². The summed E-state index contributed by atoms with van der Waals surface area (Å²) in [5.41, 5.74) is 5.37. The minimum Gasteiger partial charge on any atom is -0.383 e. The number of para-hydroxylation sites is 1. The number of ether oxygens (including phenoxy) is 1. The van der Waals surface area contributed by atoms with Gasteiger partial charge in [0.05, 0.1) is 34.0 Å². The second-order valence-corrected chi connectivity index (χ2v) is 10.7. The van der Waals surface area contributed by atoms with Gasteiger partial charge < -0.3 is 10.1 Å². The first-order valence-corrected chi connectivity index (χ1v) is 14.1. The molecule has 3 aromatic carbocycles. The van der Waals surface area contributed by atoms with Crippen molar-refractivity contribution in [3.05, 3.63) is 101 Å². The number of carbonyl (C=O) groups excluding carboxylic acids is 2. The van der Waals surface area contributed by atoms with Gasteiger partial charge in [0.25, 0.3) is 0 Å². The first kappa shape index (κ1) is 27.0. The minimum atomic E-state index is -0.279. The van der Waals surface area contributed by atoms with Crippen LogP contribution in [0.1, 0.15) is 21.9 Å². The Balaban J connectivity index is 1.78. The Morgan fingerprint density at radius 1 is 1.08 bits per heavy atom. The first-order chi connectivity index (χ1) is 19.0. The molecule has 1 aliphatic rings. The maximum Gasteiger partial charge on any atom is 0.240 e. The van der Waals surface area contributed by atoms with Crippen LogP contribution < -0.4 is 10.2 Å². The lowest BCUT2D eigenvalue weighted by molar-refractivity contribution is -0.123. The Hall–Kier alpha value is -3.59. The molecule has 1 atom stereocenters. The summed E-state index contributed by atoms with van der Waals surface area (Å²) in [6.45, 7) is 2.65. The van der Waals surface area contributed by atoms with Crippen molar-refractivity contribution in [2.45, 2.75) is 12.2 Å². The second-order valence-electron chi connectivity index (χ2n) is 9.19. The second kappa shape index (κ2) is 12.1. The molecule has 200 valence electrons. The number of aromatic nitrogens is 2. The minimum absolute atomic E-state index is 0.152. The van der Waals surface area contributed by atoms with Crippen LogP contribution in [0, 0.1) is 6.92 Å². The van der Waals surface area contributed by atoms with Crippen LogP contribution in [0.25, 0.3) is 16.9 Å². The summed E-state index contributed by atoms with van der Waals surface area (Å²) in [5, 5.41) is 8.22. The Kier molecular flexibility index (Phi) is 8.35. The fraction of sp³-hybridized carbons (Fsp3) is 0.233. The molecule has 0 bridgehead atoms. The van der Waals surface area contributed by atoms with Gasteiger partial charge in [-0.25, -0.2) is 4.68 Å². The van der Waals surface area contributed by atoms with Crippen LogP contribution in [0.5, 0.6) is 0 Å². The number of halogens is 1. The molecule has 1 aliphatic heterocycles. The molecule has 0 aliphatic carbocycles. The van der Waals surface area contributed by atoms with E-state index in [1.54, 1.807) is 34.5 Å². The number of anilines is 1. The molecule has 2 heterocycles. The van der Waals surface area contributed by atoms with Crippen molar-refractivity contribution in [2.75, 3.05) is 37.5 Å². The van der Waals surface area contributed by atoms with E-state index in [2.05, 4.69) is 24.4 Å². The van der Waals surface area contributed by atoms with Crippen molar-refractivity contribution in [3.8, 4) is 16.9 Å². The van der Waals surface area contributed by atoms with Gasteiger partial charge in [0.2, 0.25) is 11.8 Å². The van der Waals surface area contributed by atoms with Gasteiger partial charge in [0.15, 0.2) is 0 Å². The van der Waals surface area contributed by atoms with Crippen LogP contribution in [0.2, 0.25) is 5.02 Å². The van der Waals surface area contributed by atoms with Gasteiger partial charge >= 0.3 is 0 Å². The number of amides is 2. The number of carbonyl (C=O) groups is 2. The number of methoxy groups -OCH3 is 1. The molecule has 39 heavy (non-hydrogen) atoms. The third-order valence-electron chi connectivity index (χ3n) is 6.62. The van der Waals surface area contributed by atoms with Gasteiger partial charge in [-0.1, -0.05) is 78.3 Å². The molecule has 0 radical (unpaired) electrons. The predicted octanol–water partition coefficient (Wildman–Crippen LogP) is 5.43. The zero-order chi connectivity index (χ0) is 27.4. The number of nitrogens with zero attached hydrogens (tertiary/aromatic N) is 3. The van der Waals surface area contributed by atoms with Crippen molar-refractivity contribution >= 4 is 41.0 Å². The largest absolute Gasteiger partial charge is 0.383 e. The molecule has 0 unspecified atom stereocenters. The molecule has 2 amide bonds. The summed E-state index contributed by atoms with van der Waals surface area (Å²) in [6, 6.07) is 25.5. The molecule has 1 aromatic heterocycles. The van der Waals surface area contributed by atoms with Crippen molar-refractivity contribution in [2.24, 2.45) is 0 Å². The number of fused-ring (bicyclic) bond motifs is 1.